The van der Waals surface area contributed by atoms with Gasteiger partial charge in [-0.3, -0.25) is 0 Å². The zero-order valence-corrected chi connectivity index (χ0v) is 12.5. The van der Waals surface area contributed by atoms with Gasteiger partial charge in [-0.2, -0.15) is 0 Å². The van der Waals surface area contributed by atoms with Crippen molar-refractivity contribution in [1.82, 2.24) is 14.6 Å². The summed E-state index contributed by atoms with van der Waals surface area (Å²) >= 11 is 0. The number of hydrogen-bond acceptors (Lipinski definition) is 3. The fraction of sp³-hybridized carbons (Fsp3) is 0.692. The van der Waals surface area contributed by atoms with Crippen LogP contribution in [-0.2, 0) is 16.6 Å². The van der Waals surface area contributed by atoms with Crippen LogP contribution in [0.15, 0.2) is 17.2 Å². The molecule has 1 fully saturated rings. The van der Waals surface area contributed by atoms with Crippen molar-refractivity contribution in [3.63, 3.8) is 0 Å². The van der Waals surface area contributed by atoms with E-state index in [9.17, 15) is 8.42 Å². The Labute approximate surface area is 115 Å². The van der Waals surface area contributed by atoms with E-state index in [4.69, 9.17) is 0 Å². The van der Waals surface area contributed by atoms with Gasteiger partial charge in [0.2, 0.25) is 10.0 Å². The molecular formula is C13H23N3O2S. The average Bonchev–Trinajstić information content (AvgIpc) is 3.05. The second-order valence-electron chi connectivity index (χ2n) is 5.27. The quantitative estimate of drug-likeness (QED) is 0.712. The van der Waals surface area contributed by atoms with Gasteiger partial charge >= 0.3 is 0 Å². The van der Waals surface area contributed by atoms with Crippen LogP contribution in [0.25, 0.3) is 0 Å². The minimum atomic E-state index is -3.33. The molecule has 1 heterocycles. The third-order valence-electron chi connectivity index (χ3n) is 3.38. The summed E-state index contributed by atoms with van der Waals surface area (Å²) in [5.41, 5.74) is 0.909. The van der Waals surface area contributed by atoms with Gasteiger partial charge in [0, 0.05) is 32.0 Å². The SMILES string of the molecule is CCCNCc1cc(S(=O)(=O)N(C)CC2CC2)c[nH]1. The van der Waals surface area contributed by atoms with E-state index < -0.39 is 10.0 Å². The van der Waals surface area contributed by atoms with Gasteiger partial charge in [0.05, 0.1) is 4.90 Å². The molecule has 108 valence electrons. The molecule has 1 aromatic rings. The summed E-state index contributed by atoms with van der Waals surface area (Å²) in [5, 5.41) is 3.25. The Balaban J connectivity index is 1.99. The Morgan fingerprint density at radius 2 is 2.21 bits per heavy atom. The summed E-state index contributed by atoms with van der Waals surface area (Å²) in [5.74, 6) is 0.560. The minimum absolute atomic E-state index is 0.365. The maximum atomic E-state index is 12.3. The van der Waals surface area contributed by atoms with E-state index in [-0.39, 0.29) is 0 Å². The van der Waals surface area contributed by atoms with Crippen LogP contribution in [0, 0.1) is 5.92 Å². The van der Waals surface area contributed by atoms with Crippen molar-refractivity contribution >= 4 is 10.0 Å². The second-order valence-corrected chi connectivity index (χ2v) is 7.31. The third kappa shape index (κ3) is 3.81. The number of rotatable bonds is 8. The second kappa shape index (κ2) is 6.07. The van der Waals surface area contributed by atoms with Crippen molar-refractivity contribution in [1.29, 1.82) is 0 Å². The molecule has 1 aliphatic carbocycles. The highest BCUT2D eigenvalue weighted by atomic mass is 32.2. The molecule has 0 aromatic carbocycles. The lowest BCUT2D eigenvalue weighted by Gasteiger charge is -2.15. The Kier molecular flexibility index (Phi) is 4.65. The predicted octanol–water partition coefficient (Wildman–Crippen LogP) is 1.54. The highest BCUT2D eigenvalue weighted by Crippen LogP contribution is 2.31. The smallest absolute Gasteiger partial charge is 0.244 e. The van der Waals surface area contributed by atoms with Gasteiger partial charge in [0.15, 0.2) is 0 Å². The molecule has 1 aromatic heterocycles. The molecule has 1 saturated carbocycles. The summed E-state index contributed by atoms with van der Waals surface area (Å²) in [6.07, 6.45) is 4.95. The van der Waals surface area contributed by atoms with Crippen LogP contribution < -0.4 is 5.32 Å². The maximum Gasteiger partial charge on any atom is 0.244 e. The Morgan fingerprint density at radius 3 is 2.84 bits per heavy atom. The van der Waals surface area contributed by atoms with E-state index in [2.05, 4.69) is 17.2 Å². The third-order valence-corrected chi connectivity index (χ3v) is 5.18. The first-order valence-corrected chi connectivity index (χ1v) is 8.32. The number of nitrogens with zero attached hydrogens (tertiary/aromatic N) is 1. The molecule has 5 nitrogen and oxygen atoms in total. The molecule has 19 heavy (non-hydrogen) atoms. The molecule has 0 aliphatic heterocycles. The summed E-state index contributed by atoms with van der Waals surface area (Å²) in [6, 6.07) is 1.72. The summed E-state index contributed by atoms with van der Waals surface area (Å²) < 4.78 is 26.1. The lowest BCUT2D eigenvalue weighted by molar-refractivity contribution is 0.453. The highest BCUT2D eigenvalue weighted by Gasteiger charge is 2.29. The molecule has 2 rings (SSSR count). The van der Waals surface area contributed by atoms with Gasteiger partial charge in [-0.25, -0.2) is 12.7 Å². The molecule has 1 aliphatic rings. The van der Waals surface area contributed by atoms with Crippen LogP contribution in [-0.4, -0.2) is 37.8 Å². The number of sulfonamides is 1. The van der Waals surface area contributed by atoms with Crippen molar-refractivity contribution in [2.75, 3.05) is 20.1 Å². The number of nitrogens with one attached hydrogen (secondary N) is 2. The molecule has 0 radical (unpaired) electrons. The van der Waals surface area contributed by atoms with Gasteiger partial charge in [-0.15, -0.1) is 0 Å². The number of aromatic nitrogens is 1. The highest BCUT2D eigenvalue weighted by molar-refractivity contribution is 7.89. The van der Waals surface area contributed by atoms with E-state index in [1.807, 2.05) is 0 Å². The molecule has 0 bridgehead atoms. The maximum absolute atomic E-state index is 12.3. The fourth-order valence-electron chi connectivity index (χ4n) is 2.01. The first-order valence-electron chi connectivity index (χ1n) is 6.88. The van der Waals surface area contributed by atoms with Crippen molar-refractivity contribution in [3.8, 4) is 0 Å². The van der Waals surface area contributed by atoms with Crippen molar-refractivity contribution < 1.29 is 8.42 Å². The Bertz CT molecular complexity index is 506. The Hall–Kier alpha value is -0.850. The number of hydrogen-bond donors (Lipinski definition) is 2. The van der Waals surface area contributed by atoms with E-state index in [0.717, 1.165) is 31.5 Å². The van der Waals surface area contributed by atoms with Crippen LogP contribution in [0.1, 0.15) is 31.9 Å². The van der Waals surface area contributed by atoms with Gasteiger partial charge in [-0.1, -0.05) is 6.92 Å². The van der Waals surface area contributed by atoms with Gasteiger partial charge in [0.1, 0.15) is 0 Å². The van der Waals surface area contributed by atoms with Crippen molar-refractivity contribution in [2.45, 2.75) is 37.6 Å². The zero-order valence-electron chi connectivity index (χ0n) is 11.6. The summed E-state index contributed by atoms with van der Waals surface area (Å²) in [4.78, 5) is 3.39. The van der Waals surface area contributed by atoms with E-state index in [1.54, 1.807) is 19.3 Å². The zero-order chi connectivity index (χ0) is 13.9. The first kappa shape index (κ1) is 14.6. The average molecular weight is 285 g/mol. The lowest BCUT2D eigenvalue weighted by atomic mass is 10.4. The molecule has 6 heteroatoms. The standard InChI is InChI=1S/C13H23N3O2S/c1-3-6-14-8-12-7-13(9-15-12)19(17,18)16(2)10-11-4-5-11/h7,9,11,14-15H,3-6,8,10H2,1-2H3. The lowest BCUT2D eigenvalue weighted by Crippen LogP contribution is -2.28. The monoisotopic (exact) mass is 285 g/mol. The predicted molar refractivity (Wildman–Crippen MR) is 75.3 cm³/mol. The van der Waals surface area contributed by atoms with Crippen LogP contribution in [0.2, 0.25) is 0 Å². The first-order chi connectivity index (χ1) is 9.04. The molecule has 0 amide bonds. The van der Waals surface area contributed by atoms with Gasteiger partial charge in [0.25, 0.3) is 0 Å². The van der Waals surface area contributed by atoms with E-state index >= 15 is 0 Å². The molecule has 0 unspecified atom stereocenters. The molecule has 2 N–H and O–H groups in total. The minimum Gasteiger partial charge on any atom is -0.363 e. The van der Waals surface area contributed by atoms with Crippen LogP contribution >= 0.6 is 0 Å². The summed E-state index contributed by atoms with van der Waals surface area (Å²) in [7, 11) is -1.67. The van der Waals surface area contributed by atoms with E-state index in [1.165, 1.54) is 4.31 Å². The number of aromatic amines is 1. The van der Waals surface area contributed by atoms with E-state index in [0.29, 0.717) is 23.9 Å². The Morgan fingerprint density at radius 1 is 1.47 bits per heavy atom. The van der Waals surface area contributed by atoms with Crippen LogP contribution in [0.3, 0.4) is 0 Å². The molecule has 0 saturated heterocycles. The van der Waals surface area contributed by atoms with Crippen molar-refractivity contribution in [3.05, 3.63) is 18.0 Å². The topological polar surface area (TPSA) is 65.2 Å². The number of H-pyrrole nitrogens is 1. The normalized spacial score (nSPS) is 16.2. The van der Waals surface area contributed by atoms with Crippen molar-refractivity contribution in [2.24, 2.45) is 5.92 Å². The van der Waals surface area contributed by atoms with Gasteiger partial charge < -0.3 is 10.3 Å². The molecule has 0 spiro atoms. The fourth-order valence-corrected chi connectivity index (χ4v) is 3.28. The molecule has 0 atom stereocenters. The largest absolute Gasteiger partial charge is 0.363 e. The van der Waals surface area contributed by atoms with Crippen LogP contribution in [0.4, 0.5) is 0 Å². The summed E-state index contributed by atoms with van der Waals surface area (Å²) in [6.45, 7) is 4.35. The molecular weight excluding hydrogens is 262 g/mol. The van der Waals surface area contributed by atoms with Crippen LogP contribution in [0.5, 0.6) is 0 Å². The van der Waals surface area contributed by atoms with Gasteiger partial charge in [-0.05, 0) is 37.8 Å².